The average molecular weight is 267 g/mol. The Morgan fingerprint density at radius 2 is 2.22 bits per heavy atom. The van der Waals surface area contributed by atoms with Crippen LogP contribution in [0, 0.1) is 0 Å². The van der Waals surface area contributed by atoms with Crippen LogP contribution in [0.1, 0.15) is 44.8 Å². The van der Waals surface area contributed by atoms with Gasteiger partial charge in [-0.15, -0.1) is 11.3 Å². The highest BCUT2D eigenvalue weighted by molar-refractivity contribution is 7.09. The van der Waals surface area contributed by atoms with Gasteiger partial charge in [0, 0.05) is 29.9 Å². The molecule has 1 aliphatic rings. The van der Waals surface area contributed by atoms with Crippen LogP contribution < -0.4 is 5.32 Å². The summed E-state index contributed by atoms with van der Waals surface area (Å²) >= 11 is 1.81. The Labute approximate surface area is 115 Å². The minimum atomic E-state index is 0.167. The molecule has 4 heteroatoms. The first kappa shape index (κ1) is 14.0. The quantitative estimate of drug-likeness (QED) is 0.893. The predicted molar refractivity (Wildman–Crippen MR) is 78.2 cm³/mol. The van der Waals surface area contributed by atoms with Gasteiger partial charge in [0.15, 0.2) is 0 Å². The Hall–Kier alpha value is -0.450. The molecule has 2 heterocycles. The second-order valence-corrected chi connectivity index (χ2v) is 7.18. The first-order valence-corrected chi connectivity index (χ1v) is 7.74. The lowest BCUT2D eigenvalue weighted by Gasteiger charge is -2.25. The van der Waals surface area contributed by atoms with Gasteiger partial charge in [-0.2, -0.15) is 0 Å². The van der Waals surface area contributed by atoms with Crippen LogP contribution in [-0.2, 0) is 12.0 Å². The van der Waals surface area contributed by atoms with Crippen molar-refractivity contribution in [1.82, 2.24) is 15.2 Å². The third kappa shape index (κ3) is 3.53. The van der Waals surface area contributed by atoms with Crippen molar-refractivity contribution < 1.29 is 0 Å². The van der Waals surface area contributed by atoms with Gasteiger partial charge in [0.2, 0.25) is 0 Å². The number of hydrogen-bond donors (Lipinski definition) is 1. The number of aromatic nitrogens is 1. The van der Waals surface area contributed by atoms with E-state index in [9.17, 15) is 0 Å². The third-order valence-corrected chi connectivity index (χ3v) is 4.43. The number of hydrogen-bond acceptors (Lipinski definition) is 4. The van der Waals surface area contributed by atoms with Crippen LogP contribution in [0.4, 0.5) is 0 Å². The highest BCUT2D eigenvalue weighted by atomic mass is 32.1. The first-order chi connectivity index (χ1) is 8.47. The van der Waals surface area contributed by atoms with Gasteiger partial charge in [-0.3, -0.25) is 4.90 Å². The Morgan fingerprint density at radius 1 is 1.44 bits per heavy atom. The fourth-order valence-electron chi connectivity index (χ4n) is 2.20. The lowest BCUT2D eigenvalue weighted by atomic mass is 9.93. The SMILES string of the molecule is CC1CCNCCN1Cc1nc(C(C)(C)C)cs1. The van der Waals surface area contributed by atoms with Gasteiger partial charge in [-0.25, -0.2) is 4.98 Å². The Morgan fingerprint density at radius 3 is 2.89 bits per heavy atom. The zero-order valence-corrected chi connectivity index (χ0v) is 12.8. The van der Waals surface area contributed by atoms with Gasteiger partial charge >= 0.3 is 0 Å². The molecular formula is C14H25N3S. The van der Waals surface area contributed by atoms with Crippen molar-refractivity contribution >= 4 is 11.3 Å². The third-order valence-electron chi connectivity index (χ3n) is 3.60. The van der Waals surface area contributed by atoms with Crippen molar-refractivity contribution in [2.24, 2.45) is 0 Å². The van der Waals surface area contributed by atoms with Gasteiger partial charge in [-0.05, 0) is 19.9 Å². The first-order valence-electron chi connectivity index (χ1n) is 6.86. The van der Waals surface area contributed by atoms with Gasteiger partial charge in [-0.1, -0.05) is 20.8 Å². The fourth-order valence-corrected chi connectivity index (χ4v) is 3.24. The second kappa shape index (κ2) is 5.68. The van der Waals surface area contributed by atoms with Crippen molar-refractivity contribution in [2.45, 2.75) is 52.1 Å². The van der Waals surface area contributed by atoms with E-state index in [0.717, 1.165) is 26.2 Å². The Balaban J connectivity index is 2.02. The zero-order chi connectivity index (χ0) is 13.2. The lowest BCUT2D eigenvalue weighted by molar-refractivity contribution is 0.211. The largest absolute Gasteiger partial charge is 0.315 e. The maximum Gasteiger partial charge on any atom is 0.107 e. The summed E-state index contributed by atoms with van der Waals surface area (Å²) in [6, 6.07) is 0.655. The van der Waals surface area contributed by atoms with Crippen molar-refractivity contribution in [2.75, 3.05) is 19.6 Å². The Kier molecular flexibility index (Phi) is 4.41. The van der Waals surface area contributed by atoms with E-state index in [1.54, 1.807) is 11.3 Å². The zero-order valence-electron chi connectivity index (χ0n) is 12.0. The van der Waals surface area contributed by atoms with Crippen LogP contribution in [0.3, 0.4) is 0 Å². The summed E-state index contributed by atoms with van der Waals surface area (Å²) in [6.07, 6.45) is 1.23. The summed E-state index contributed by atoms with van der Waals surface area (Å²) in [5, 5.41) is 6.94. The molecule has 0 amide bonds. The van der Waals surface area contributed by atoms with Gasteiger partial charge in [0.05, 0.1) is 12.2 Å². The van der Waals surface area contributed by atoms with Crippen LogP contribution >= 0.6 is 11.3 Å². The summed E-state index contributed by atoms with van der Waals surface area (Å²) in [7, 11) is 0. The maximum atomic E-state index is 4.80. The van der Waals surface area contributed by atoms with Crippen LogP contribution in [-0.4, -0.2) is 35.6 Å². The highest BCUT2D eigenvalue weighted by Gasteiger charge is 2.21. The molecule has 1 aromatic heterocycles. The number of nitrogens with one attached hydrogen (secondary N) is 1. The molecule has 1 N–H and O–H groups in total. The van der Waals surface area contributed by atoms with E-state index < -0.39 is 0 Å². The monoisotopic (exact) mass is 267 g/mol. The molecule has 0 bridgehead atoms. The van der Waals surface area contributed by atoms with Gasteiger partial charge < -0.3 is 5.32 Å². The standard InChI is InChI=1S/C14H25N3S/c1-11-5-6-15-7-8-17(11)9-13-16-12(10-18-13)14(2,3)4/h10-11,15H,5-9H2,1-4H3. The smallest absolute Gasteiger partial charge is 0.107 e. The van der Waals surface area contributed by atoms with Crippen molar-refractivity contribution in [3.63, 3.8) is 0 Å². The molecule has 0 radical (unpaired) electrons. The normalized spacial score (nSPS) is 23.0. The number of rotatable bonds is 2. The molecule has 1 fully saturated rings. The topological polar surface area (TPSA) is 28.2 Å². The summed E-state index contributed by atoms with van der Waals surface area (Å²) in [5.41, 5.74) is 1.39. The van der Waals surface area contributed by atoms with Crippen molar-refractivity contribution in [3.8, 4) is 0 Å². The molecule has 2 rings (SSSR count). The molecule has 0 spiro atoms. The van der Waals surface area contributed by atoms with E-state index in [4.69, 9.17) is 4.98 Å². The molecule has 0 saturated carbocycles. The average Bonchev–Trinajstić information content (AvgIpc) is 2.66. The summed E-state index contributed by atoms with van der Waals surface area (Å²) < 4.78 is 0. The van der Waals surface area contributed by atoms with E-state index in [-0.39, 0.29) is 5.41 Å². The minimum absolute atomic E-state index is 0.167. The minimum Gasteiger partial charge on any atom is -0.315 e. The molecule has 0 aliphatic carbocycles. The van der Waals surface area contributed by atoms with E-state index >= 15 is 0 Å². The molecule has 3 nitrogen and oxygen atoms in total. The van der Waals surface area contributed by atoms with E-state index in [1.165, 1.54) is 17.1 Å². The lowest BCUT2D eigenvalue weighted by Crippen LogP contribution is -2.33. The molecule has 18 heavy (non-hydrogen) atoms. The summed E-state index contributed by atoms with van der Waals surface area (Å²) in [4.78, 5) is 7.34. The van der Waals surface area contributed by atoms with Crippen LogP contribution in [0.15, 0.2) is 5.38 Å². The van der Waals surface area contributed by atoms with E-state index in [0.29, 0.717) is 6.04 Å². The molecule has 102 valence electrons. The summed E-state index contributed by atoms with van der Waals surface area (Å²) in [5.74, 6) is 0. The number of nitrogens with zero attached hydrogens (tertiary/aromatic N) is 2. The van der Waals surface area contributed by atoms with Crippen molar-refractivity contribution in [3.05, 3.63) is 16.1 Å². The predicted octanol–water partition coefficient (Wildman–Crippen LogP) is 2.62. The Bertz CT molecular complexity index is 381. The van der Waals surface area contributed by atoms with E-state index in [1.807, 2.05) is 0 Å². The molecular weight excluding hydrogens is 242 g/mol. The molecule has 1 unspecified atom stereocenters. The van der Waals surface area contributed by atoms with Crippen LogP contribution in [0.25, 0.3) is 0 Å². The second-order valence-electron chi connectivity index (χ2n) is 6.23. The molecule has 1 atom stereocenters. The van der Waals surface area contributed by atoms with Crippen LogP contribution in [0.2, 0.25) is 0 Å². The van der Waals surface area contributed by atoms with Crippen molar-refractivity contribution in [1.29, 1.82) is 0 Å². The number of thiazole rings is 1. The highest BCUT2D eigenvalue weighted by Crippen LogP contribution is 2.25. The van der Waals surface area contributed by atoms with E-state index in [2.05, 4.69) is 43.3 Å². The fraction of sp³-hybridized carbons (Fsp3) is 0.786. The molecule has 1 saturated heterocycles. The molecule has 0 aromatic carbocycles. The van der Waals surface area contributed by atoms with Crippen LogP contribution in [0.5, 0.6) is 0 Å². The summed E-state index contributed by atoms with van der Waals surface area (Å²) in [6.45, 7) is 13.4. The molecule has 1 aliphatic heterocycles. The maximum absolute atomic E-state index is 4.80. The molecule has 1 aromatic rings. The van der Waals surface area contributed by atoms with Gasteiger partial charge in [0.25, 0.3) is 0 Å². The van der Waals surface area contributed by atoms with Gasteiger partial charge in [0.1, 0.15) is 5.01 Å².